The van der Waals surface area contributed by atoms with Crippen molar-refractivity contribution in [1.29, 1.82) is 0 Å². The first-order chi connectivity index (χ1) is 13.5. The Morgan fingerprint density at radius 2 is 1.96 bits per heavy atom. The van der Waals surface area contributed by atoms with Crippen molar-refractivity contribution >= 4 is 39.6 Å². The van der Waals surface area contributed by atoms with Crippen molar-refractivity contribution < 1.29 is 14.3 Å². The quantitative estimate of drug-likeness (QED) is 0.580. The van der Waals surface area contributed by atoms with Crippen LogP contribution in [0.5, 0.6) is 11.5 Å². The van der Waals surface area contributed by atoms with Crippen molar-refractivity contribution in [2.45, 2.75) is 20.0 Å². The van der Waals surface area contributed by atoms with Gasteiger partial charge < -0.3 is 14.4 Å². The number of hydrogen-bond donors (Lipinski definition) is 0. The summed E-state index contributed by atoms with van der Waals surface area (Å²) in [5.74, 6) is 1.08. The van der Waals surface area contributed by atoms with E-state index < -0.39 is 6.10 Å². The molecule has 146 valence electrons. The summed E-state index contributed by atoms with van der Waals surface area (Å²) in [5, 5.41) is 0.949. The van der Waals surface area contributed by atoms with Crippen molar-refractivity contribution in [2.24, 2.45) is 0 Å². The zero-order valence-corrected chi connectivity index (χ0v) is 17.3. The summed E-state index contributed by atoms with van der Waals surface area (Å²) in [7, 11) is 3.42. The van der Waals surface area contributed by atoms with Gasteiger partial charge in [-0.15, -0.1) is 11.3 Å². The van der Waals surface area contributed by atoms with Crippen LogP contribution in [-0.4, -0.2) is 42.6 Å². The highest BCUT2D eigenvalue weighted by atomic mass is 32.1. The fourth-order valence-electron chi connectivity index (χ4n) is 2.73. The number of nitrogens with zero attached hydrogens (tertiary/aromatic N) is 2. The van der Waals surface area contributed by atoms with Crippen molar-refractivity contribution in [3.8, 4) is 11.5 Å². The first-order valence-corrected chi connectivity index (χ1v) is 9.98. The normalized spacial score (nSPS) is 12.3. The second kappa shape index (κ2) is 8.89. The molecular weight excluding hydrogens is 372 g/mol. The molecule has 3 aromatic rings. The smallest absolute Gasteiger partial charge is 0.262 e. The fraction of sp³-hybridized carbons (Fsp3) is 0.273. The zero-order chi connectivity index (χ0) is 20.1. The third kappa shape index (κ3) is 4.70. The second-order valence-corrected chi connectivity index (χ2v) is 7.55. The van der Waals surface area contributed by atoms with Crippen LogP contribution in [0.25, 0.3) is 22.4 Å². The third-order valence-corrected chi connectivity index (χ3v) is 5.09. The lowest BCUT2D eigenvalue weighted by Crippen LogP contribution is -2.35. The van der Waals surface area contributed by atoms with Gasteiger partial charge in [-0.1, -0.05) is 24.3 Å². The molecule has 0 bridgehead atoms. The molecule has 3 rings (SSSR count). The molecule has 0 fully saturated rings. The summed E-state index contributed by atoms with van der Waals surface area (Å²) in [4.78, 5) is 18.2. The van der Waals surface area contributed by atoms with Crippen molar-refractivity contribution in [1.82, 2.24) is 9.88 Å². The number of aromatic nitrogens is 1. The summed E-state index contributed by atoms with van der Waals surface area (Å²) in [6, 6.07) is 13.8. The van der Waals surface area contributed by atoms with E-state index in [0.717, 1.165) is 16.1 Å². The Morgan fingerprint density at radius 1 is 1.18 bits per heavy atom. The van der Waals surface area contributed by atoms with Gasteiger partial charge in [0.25, 0.3) is 5.91 Å². The lowest BCUT2D eigenvalue weighted by molar-refractivity contribution is -0.135. The van der Waals surface area contributed by atoms with Crippen LogP contribution in [0.15, 0.2) is 42.5 Å². The molecule has 6 heteroatoms. The van der Waals surface area contributed by atoms with Gasteiger partial charge in [0.15, 0.2) is 17.6 Å². The molecule has 0 saturated heterocycles. The van der Waals surface area contributed by atoms with Crippen molar-refractivity contribution in [3.63, 3.8) is 0 Å². The highest BCUT2D eigenvalue weighted by molar-refractivity contribution is 7.19. The van der Waals surface area contributed by atoms with Crippen molar-refractivity contribution in [3.05, 3.63) is 53.0 Å². The Labute approximate surface area is 169 Å². The highest BCUT2D eigenvalue weighted by Gasteiger charge is 2.18. The predicted molar refractivity (Wildman–Crippen MR) is 115 cm³/mol. The summed E-state index contributed by atoms with van der Waals surface area (Å²) in [6.45, 7) is 4.16. The maximum Gasteiger partial charge on any atom is 0.262 e. The van der Waals surface area contributed by atoms with Crippen LogP contribution < -0.4 is 9.47 Å². The largest absolute Gasteiger partial charge is 0.490 e. The van der Waals surface area contributed by atoms with E-state index in [1.165, 1.54) is 9.60 Å². The van der Waals surface area contributed by atoms with Crippen molar-refractivity contribution in [2.75, 3.05) is 20.7 Å². The Balaban J connectivity index is 1.80. The van der Waals surface area contributed by atoms with Gasteiger partial charge in [0.05, 0.1) is 16.8 Å². The molecule has 1 heterocycles. The Morgan fingerprint density at radius 3 is 2.68 bits per heavy atom. The second-order valence-electron chi connectivity index (χ2n) is 6.49. The number of carbonyl (C=O) groups excluding carboxylic acids is 1. The van der Waals surface area contributed by atoms with Gasteiger partial charge >= 0.3 is 0 Å². The average Bonchev–Trinajstić information content (AvgIpc) is 3.10. The third-order valence-electron chi connectivity index (χ3n) is 4.09. The molecule has 0 aliphatic heterocycles. The number of amides is 1. The van der Waals surface area contributed by atoms with Crippen LogP contribution in [-0.2, 0) is 4.79 Å². The monoisotopic (exact) mass is 396 g/mol. The van der Waals surface area contributed by atoms with Crippen LogP contribution >= 0.6 is 11.3 Å². The molecule has 0 radical (unpaired) electrons. The zero-order valence-electron chi connectivity index (χ0n) is 16.5. The molecule has 0 saturated carbocycles. The molecule has 2 aromatic carbocycles. The van der Waals surface area contributed by atoms with Crippen LogP contribution in [0, 0.1) is 0 Å². The number of benzene rings is 2. The molecule has 0 aliphatic rings. The number of ether oxygens (including phenoxy) is 2. The summed E-state index contributed by atoms with van der Waals surface area (Å²) < 4.78 is 12.7. The summed E-state index contributed by atoms with van der Waals surface area (Å²) >= 11 is 1.65. The van der Waals surface area contributed by atoms with E-state index >= 15 is 0 Å². The number of carbonyl (C=O) groups is 1. The average molecular weight is 397 g/mol. The van der Waals surface area contributed by atoms with E-state index in [0.29, 0.717) is 18.1 Å². The van der Waals surface area contributed by atoms with E-state index in [1.807, 2.05) is 55.5 Å². The van der Waals surface area contributed by atoms with Gasteiger partial charge in [0.2, 0.25) is 0 Å². The number of hydrogen-bond acceptors (Lipinski definition) is 5. The molecule has 1 atom stereocenters. The van der Waals surface area contributed by atoms with E-state index in [9.17, 15) is 4.79 Å². The minimum atomic E-state index is -0.585. The number of para-hydroxylation sites is 1. The highest BCUT2D eigenvalue weighted by Crippen LogP contribution is 2.31. The number of thiazole rings is 1. The van der Waals surface area contributed by atoms with E-state index in [1.54, 1.807) is 32.4 Å². The lowest BCUT2D eigenvalue weighted by Gasteiger charge is -2.20. The molecule has 28 heavy (non-hydrogen) atoms. The van der Waals surface area contributed by atoms with E-state index in [2.05, 4.69) is 11.1 Å². The van der Waals surface area contributed by atoms with E-state index in [-0.39, 0.29) is 5.91 Å². The maximum absolute atomic E-state index is 12.1. The summed E-state index contributed by atoms with van der Waals surface area (Å²) in [6.07, 6.45) is 3.41. The van der Waals surface area contributed by atoms with Gasteiger partial charge in [0, 0.05) is 14.1 Å². The van der Waals surface area contributed by atoms with Crippen LogP contribution in [0.3, 0.4) is 0 Å². The molecule has 0 spiro atoms. The molecule has 1 aromatic heterocycles. The Bertz CT molecular complexity index is 961. The van der Waals surface area contributed by atoms with Crippen LogP contribution in [0.1, 0.15) is 24.4 Å². The first kappa shape index (κ1) is 19.9. The molecular formula is C22H24N2O3S. The van der Waals surface area contributed by atoms with Gasteiger partial charge in [0.1, 0.15) is 5.01 Å². The van der Waals surface area contributed by atoms with E-state index in [4.69, 9.17) is 9.47 Å². The molecule has 5 nitrogen and oxygen atoms in total. The number of rotatable bonds is 7. The topological polar surface area (TPSA) is 51.7 Å². The Kier molecular flexibility index (Phi) is 6.31. The molecule has 1 amide bonds. The lowest BCUT2D eigenvalue weighted by atomic mass is 10.2. The van der Waals surface area contributed by atoms with Gasteiger partial charge in [-0.3, -0.25) is 4.79 Å². The van der Waals surface area contributed by atoms with Gasteiger partial charge in [-0.25, -0.2) is 4.98 Å². The van der Waals surface area contributed by atoms with Crippen LogP contribution in [0.2, 0.25) is 0 Å². The molecule has 0 unspecified atom stereocenters. The predicted octanol–water partition coefficient (Wildman–Crippen LogP) is 4.72. The summed E-state index contributed by atoms with van der Waals surface area (Å²) in [5.41, 5.74) is 1.98. The number of likely N-dealkylation sites (N-methyl/N-ethyl adjacent to an activating group) is 1. The molecule has 0 aliphatic carbocycles. The minimum absolute atomic E-state index is 0.0951. The minimum Gasteiger partial charge on any atom is -0.490 e. The van der Waals surface area contributed by atoms with Crippen LogP contribution in [0.4, 0.5) is 0 Å². The standard InChI is InChI=1S/C22H24N2O3S/c1-5-26-19-14-16(10-12-18(19)27-15(2)22(25)24(3)4)11-13-21-23-17-8-6-7-9-20(17)28-21/h6-15H,5H2,1-4H3/b13-11+/t15-/m1/s1. The van der Waals surface area contributed by atoms with Gasteiger partial charge in [-0.05, 0) is 49.8 Å². The SMILES string of the molecule is CCOc1cc(/C=C/c2nc3ccccc3s2)ccc1O[C@H](C)C(=O)N(C)C. The Hall–Kier alpha value is -2.86. The fourth-order valence-corrected chi connectivity index (χ4v) is 3.60. The first-order valence-electron chi connectivity index (χ1n) is 9.16. The van der Waals surface area contributed by atoms with Gasteiger partial charge in [-0.2, -0.15) is 0 Å². The maximum atomic E-state index is 12.1. The molecule has 0 N–H and O–H groups in total. The number of fused-ring (bicyclic) bond motifs is 1.